The number of allylic oxidation sites excluding steroid dienone is 1. The van der Waals surface area contributed by atoms with Gasteiger partial charge in [-0.25, -0.2) is 4.79 Å². The van der Waals surface area contributed by atoms with Gasteiger partial charge < -0.3 is 9.64 Å². The largest absolute Gasteiger partial charge is 0.457 e. The van der Waals surface area contributed by atoms with Crippen molar-refractivity contribution >= 4 is 23.5 Å². The molecule has 0 fully saturated rings. The fourth-order valence-electron chi connectivity index (χ4n) is 3.76. The van der Waals surface area contributed by atoms with Crippen molar-refractivity contribution in [2.75, 3.05) is 0 Å². The van der Waals surface area contributed by atoms with Crippen LogP contribution in [-0.2, 0) is 20.9 Å². The molecule has 0 aliphatic carbocycles. The van der Waals surface area contributed by atoms with Gasteiger partial charge in [-0.05, 0) is 51.0 Å². The van der Waals surface area contributed by atoms with E-state index in [2.05, 4.69) is 6.07 Å². The van der Waals surface area contributed by atoms with Gasteiger partial charge >= 0.3 is 5.97 Å². The van der Waals surface area contributed by atoms with Crippen LogP contribution in [0.2, 0.25) is 5.02 Å². The van der Waals surface area contributed by atoms with E-state index in [-0.39, 0.29) is 18.9 Å². The van der Waals surface area contributed by atoms with Crippen LogP contribution >= 0.6 is 11.6 Å². The molecule has 2 aromatic carbocycles. The van der Waals surface area contributed by atoms with Crippen LogP contribution in [0.1, 0.15) is 56.7 Å². The van der Waals surface area contributed by atoms with E-state index < -0.39 is 17.5 Å². The normalized spacial score (nSPS) is 16.8. The van der Waals surface area contributed by atoms with Crippen molar-refractivity contribution in [2.45, 2.75) is 52.2 Å². The Balaban J connectivity index is 2.10. The minimum absolute atomic E-state index is 0.0877. The van der Waals surface area contributed by atoms with E-state index in [1.807, 2.05) is 30.3 Å². The standard InChI is InChI=1S/C25H25ClN2O3/c1-16-23(24(30)31-25(2,3)4)20(19-11-7-8-12-21(19)26)13-22(29)28(16)15-18-10-6-5-9-17(18)14-27/h5-12,20H,13,15H2,1-4H3. The van der Waals surface area contributed by atoms with Crippen LogP contribution < -0.4 is 0 Å². The van der Waals surface area contributed by atoms with Crippen molar-refractivity contribution < 1.29 is 14.3 Å². The quantitative estimate of drug-likeness (QED) is 0.606. The Hall–Kier alpha value is -3.10. The number of benzene rings is 2. The SMILES string of the molecule is CC1=C(C(=O)OC(C)(C)C)C(c2ccccc2Cl)CC(=O)N1Cc1ccccc1C#N. The predicted octanol–water partition coefficient (Wildman–Crippen LogP) is 5.34. The first-order valence-corrected chi connectivity index (χ1v) is 10.5. The molecule has 0 radical (unpaired) electrons. The second-order valence-electron chi connectivity index (χ2n) is 8.53. The summed E-state index contributed by atoms with van der Waals surface area (Å²) in [5.41, 5.74) is 2.18. The van der Waals surface area contributed by atoms with Gasteiger partial charge in [0.1, 0.15) is 5.60 Å². The number of hydrogen-bond acceptors (Lipinski definition) is 4. The lowest BCUT2D eigenvalue weighted by atomic mass is 9.83. The number of hydrogen-bond donors (Lipinski definition) is 0. The highest BCUT2D eigenvalue weighted by molar-refractivity contribution is 6.31. The molecule has 0 N–H and O–H groups in total. The summed E-state index contributed by atoms with van der Waals surface area (Å²) in [5, 5.41) is 9.91. The first kappa shape index (κ1) is 22.6. The second-order valence-corrected chi connectivity index (χ2v) is 8.94. The van der Waals surface area contributed by atoms with Crippen molar-refractivity contribution in [3.8, 4) is 6.07 Å². The summed E-state index contributed by atoms with van der Waals surface area (Å²) in [6.07, 6.45) is 0.0877. The van der Waals surface area contributed by atoms with Gasteiger partial charge in [0.15, 0.2) is 0 Å². The van der Waals surface area contributed by atoms with Crippen LogP contribution in [0.25, 0.3) is 0 Å². The molecule has 0 spiro atoms. The van der Waals surface area contributed by atoms with E-state index in [1.165, 1.54) is 0 Å². The third kappa shape index (κ3) is 4.98. The zero-order valence-corrected chi connectivity index (χ0v) is 18.9. The first-order valence-electron chi connectivity index (χ1n) is 10.1. The third-order valence-corrected chi connectivity index (χ3v) is 5.53. The minimum Gasteiger partial charge on any atom is -0.457 e. The molecule has 5 nitrogen and oxygen atoms in total. The molecule has 6 heteroatoms. The van der Waals surface area contributed by atoms with E-state index in [9.17, 15) is 14.9 Å². The van der Waals surface area contributed by atoms with E-state index >= 15 is 0 Å². The molecular formula is C25H25ClN2O3. The topological polar surface area (TPSA) is 70.4 Å². The monoisotopic (exact) mass is 436 g/mol. The summed E-state index contributed by atoms with van der Waals surface area (Å²) in [5.74, 6) is -1.11. The summed E-state index contributed by atoms with van der Waals surface area (Å²) in [6, 6.07) is 16.5. The average Bonchev–Trinajstić information content (AvgIpc) is 2.70. The summed E-state index contributed by atoms with van der Waals surface area (Å²) in [6.45, 7) is 7.37. The van der Waals surface area contributed by atoms with Crippen LogP contribution in [0.4, 0.5) is 0 Å². The lowest BCUT2D eigenvalue weighted by Gasteiger charge is -2.36. The van der Waals surface area contributed by atoms with Gasteiger partial charge in [-0.15, -0.1) is 0 Å². The molecule has 1 amide bonds. The van der Waals surface area contributed by atoms with Gasteiger partial charge in [0.25, 0.3) is 0 Å². The highest BCUT2D eigenvalue weighted by atomic mass is 35.5. The lowest BCUT2D eigenvalue weighted by molar-refractivity contribution is -0.150. The van der Waals surface area contributed by atoms with Crippen molar-refractivity contribution in [2.24, 2.45) is 0 Å². The number of carbonyl (C=O) groups excluding carboxylic acids is 2. The lowest BCUT2D eigenvalue weighted by Crippen LogP contribution is -2.39. The average molecular weight is 437 g/mol. The molecule has 31 heavy (non-hydrogen) atoms. The van der Waals surface area contributed by atoms with Gasteiger partial charge in [0, 0.05) is 23.1 Å². The maximum Gasteiger partial charge on any atom is 0.336 e. The van der Waals surface area contributed by atoms with Gasteiger partial charge in [0.05, 0.1) is 23.8 Å². The van der Waals surface area contributed by atoms with Crippen LogP contribution in [0.3, 0.4) is 0 Å². The zero-order valence-electron chi connectivity index (χ0n) is 18.1. The summed E-state index contributed by atoms with van der Waals surface area (Å²) in [4.78, 5) is 28.0. The Bertz CT molecular complexity index is 1090. The summed E-state index contributed by atoms with van der Waals surface area (Å²) in [7, 11) is 0. The molecule has 1 aliphatic heterocycles. The molecular weight excluding hydrogens is 412 g/mol. The number of ether oxygens (including phenoxy) is 1. The molecule has 0 saturated carbocycles. The molecule has 0 saturated heterocycles. The fraction of sp³-hybridized carbons (Fsp3) is 0.320. The van der Waals surface area contributed by atoms with Crippen LogP contribution in [-0.4, -0.2) is 22.4 Å². The van der Waals surface area contributed by atoms with Crippen molar-refractivity contribution in [3.05, 3.63) is 81.5 Å². The number of halogens is 1. The summed E-state index contributed by atoms with van der Waals surface area (Å²) >= 11 is 6.43. The number of amides is 1. The number of nitriles is 1. The third-order valence-electron chi connectivity index (χ3n) is 5.19. The van der Waals surface area contributed by atoms with Crippen LogP contribution in [0.5, 0.6) is 0 Å². The molecule has 0 aromatic heterocycles. The maximum atomic E-state index is 13.2. The Labute approximate surface area is 187 Å². The highest BCUT2D eigenvalue weighted by Crippen LogP contribution is 2.40. The Kier molecular flexibility index (Phi) is 6.52. The van der Waals surface area contributed by atoms with Crippen molar-refractivity contribution in [3.63, 3.8) is 0 Å². The molecule has 0 bridgehead atoms. The minimum atomic E-state index is -0.685. The number of carbonyl (C=O) groups is 2. The first-order chi connectivity index (χ1) is 14.6. The van der Waals surface area contributed by atoms with Crippen molar-refractivity contribution in [1.29, 1.82) is 5.26 Å². The second kappa shape index (κ2) is 8.95. The van der Waals surface area contributed by atoms with E-state index in [1.54, 1.807) is 50.8 Å². The van der Waals surface area contributed by atoms with E-state index in [0.29, 0.717) is 21.9 Å². The maximum absolute atomic E-state index is 13.2. The van der Waals surface area contributed by atoms with Crippen LogP contribution in [0.15, 0.2) is 59.8 Å². The summed E-state index contributed by atoms with van der Waals surface area (Å²) < 4.78 is 5.69. The molecule has 1 atom stereocenters. The Morgan fingerprint density at radius 3 is 2.48 bits per heavy atom. The molecule has 3 rings (SSSR count). The number of rotatable bonds is 4. The number of esters is 1. The predicted molar refractivity (Wildman–Crippen MR) is 119 cm³/mol. The molecule has 160 valence electrons. The van der Waals surface area contributed by atoms with Gasteiger partial charge in [-0.3, -0.25) is 4.79 Å². The smallest absolute Gasteiger partial charge is 0.336 e. The molecule has 1 unspecified atom stereocenters. The molecule has 1 heterocycles. The number of nitrogens with zero attached hydrogens (tertiary/aromatic N) is 2. The van der Waals surface area contributed by atoms with E-state index in [4.69, 9.17) is 16.3 Å². The van der Waals surface area contributed by atoms with Gasteiger partial charge in [-0.1, -0.05) is 48.0 Å². The zero-order chi connectivity index (χ0) is 22.8. The van der Waals surface area contributed by atoms with Gasteiger partial charge in [0.2, 0.25) is 5.91 Å². The van der Waals surface area contributed by atoms with Crippen LogP contribution in [0, 0.1) is 11.3 Å². The highest BCUT2D eigenvalue weighted by Gasteiger charge is 2.38. The van der Waals surface area contributed by atoms with E-state index in [0.717, 1.165) is 11.1 Å². The Morgan fingerprint density at radius 1 is 1.19 bits per heavy atom. The molecule has 1 aliphatic rings. The Morgan fingerprint density at radius 2 is 1.84 bits per heavy atom. The molecule has 2 aromatic rings. The van der Waals surface area contributed by atoms with Gasteiger partial charge in [-0.2, -0.15) is 5.26 Å². The fourth-order valence-corrected chi connectivity index (χ4v) is 4.03. The van der Waals surface area contributed by atoms with Crippen molar-refractivity contribution in [1.82, 2.24) is 4.90 Å².